The van der Waals surface area contributed by atoms with Gasteiger partial charge < -0.3 is 19.0 Å². The van der Waals surface area contributed by atoms with E-state index >= 15 is 0 Å². The maximum atomic E-state index is 13.4. The number of aliphatic hydroxyl groups is 1. The number of rotatable bonds is 9. The summed E-state index contributed by atoms with van der Waals surface area (Å²) in [7, 11) is 1.25. The van der Waals surface area contributed by atoms with Crippen LogP contribution in [-0.2, 0) is 9.53 Å². The minimum absolute atomic E-state index is 0.0221. The molecule has 1 unspecified atom stereocenters. The predicted molar refractivity (Wildman–Crippen MR) is 133 cm³/mol. The highest BCUT2D eigenvalue weighted by molar-refractivity contribution is 7.17. The molecule has 0 spiro atoms. The standard InChI is InChI=1S/C26H26N2O7S/c1-14(2)10-12-34-17-8-5-7-16(13-17)20-19(21(29)18-9-6-11-35-18)22(30)24(31)28(20)26-27-15(3)23(36-26)25(32)33-4/h5-9,11,13-14,20,30H,10,12H2,1-4H3. The van der Waals surface area contributed by atoms with E-state index in [0.29, 0.717) is 29.5 Å². The van der Waals surface area contributed by atoms with Crippen molar-refractivity contribution < 1.29 is 33.4 Å². The van der Waals surface area contributed by atoms with Crippen molar-refractivity contribution in [3.63, 3.8) is 0 Å². The number of nitrogens with zero attached hydrogens (tertiary/aromatic N) is 2. The second kappa shape index (κ2) is 10.4. The number of furan rings is 1. The van der Waals surface area contributed by atoms with Crippen LogP contribution in [0.5, 0.6) is 5.75 Å². The summed E-state index contributed by atoms with van der Waals surface area (Å²) in [4.78, 5) is 44.7. The minimum Gasteiger partial charge on any atom is -0.503 e. The number of thiazole rings is 1. The molecule has 1 aliphatic heterocycles. The fourth-order valence-corrected chi connectivity index (χ4v) is 4.86. The summed E-state index contributed by atoms with van der Waals surface area (Å²) in [5.74, 6) is -1.75. The first-order chi connectivity index (χ1) is 17.2. The van der Waals surface area contributed by atoms with Gasteiger partial charge in [0.05, 0.1) is 37.3 Å². The number of aryl methyl sites for hydroxylation is 1. The van der Waals surface area contributed by atoms with Crippen LogP contribution in [-0.4, -0.2) is 41.5 Å². The molecule has 0 saturated carbocycles. The van der Waals surface area contributed by atoms with Crippen LogP contribution in [0.3, 0.4) is 0 Å². The summed E-state index contributed by atoms with van der Waals surface area (Å²) >= 11 is 0.942. The van der Waals surface area contributed by atoms with Crippen LogP contribution in [0.25, 0.3) is 0 Å². The van der Waals surface area contributed by atoms with Crippen LogP contribution in [0.15, 0.2) is 58.4 Å². The van der Waals surface area contributed by atoms with E-state index in [-0.39, 0.29) is 21.3 Å². The van der Waals surface area contributed by atoms with Crippen LogP contribution in [0.4, 0.5) is 5.13 Å². The summed E-state index contributed by atoms with van der Waals surface area (Å²) < 4.78 is 16.0. The van der Waals surface area contributed by atoms with Crippen LogP contribution in [0.1, 0.15) is 57.8 Å². The normalized spacial score (nSPS) is 15.6. The molecule has 0 saturated heterocycles. The highest BCUT2D eigenvalue weighted by atomic mass is 32.1. The quantitative estimate of drug-likeness (QED) is 0.314. The number of Topliss-reactive ketones (excluding diaryl/α,β-unsaturated/α-hetero) is 1. The molecule has 4 rings (SSSR count). The van der Waals surface area contributed by atoms with Crippen molar-refractivity contribution in [3.8, 4) is 5.75 Å². The molecule has 10 heteroatoms. The van der Waals surface area contributed by atoms with Gasteiger partial charge in [0, 0.05) is 0 Å². The molecule has 0 bridgehead atoms. The lowest BCUT2D eigenvalue weighted by atomic mass is 9.95. The zero-order chi connectivity index (χ0) is 26.0. The van der Waals surface area contributed by atoms with E-state index in [1.807, 2.05) is 0 Å². The molecule has 3 heterocycles. The zero-order valence-corrected chi connectivity index (χ0v) is 21.1. The summed E-state index contributed by atoms with van der Waals surface area (Å²) in [6.07, 6.45) is 2.19. The number of ether oxygens (including phenoxy) is 2. The van der Waals surface area contributed by atoms with Gasteiger partial charge in [-0.3, -0.25) is 14.5 Å². The van der Waals surface area contributed by atoms with E-state index in [0.717, 1.165) is 17.8 Å². The Hall–Kier alpha value is -3.92. The Bertz CT molecular complexity index is 1320. The van der Waals surface area contributed by atoms with E-state index < -0.39 is 29.5 Å². The van der Waals surface area contributed by atoms with Crippen LogP contribution in [0.2, 0.25) is 0 Å². The van der Waals surface area contributed by atoms with Crippen molar-refractivity contribution in [2.75, 3.05) is 18.6 Å². The monoisotopic (exact) mass is 510 g/mol. The van der Waals surface area contributed by atoms with Gasteiger partial charge in [-0.15, -0.1) is 0 Å². The molecular formula is C26H26N2O7S. The number of aromatic nitrogens is 1. The van der Waals surface area contributed by atoms with Gasteiger partial charge in [-0.1, -0.05) is 37.3 Å². The van der Waals surface area contributed by atoms with Crippen molar-refractivity contribution in [2.24, 2.45) is 5.92 Å². The number of methoxy groups -OCH3 is 1. The van der Waals surface area contributed by atoms with Crippen molar-refractivity contribution in [1.29, 1.82) is 0 Å². The maximum absolute atomic E-state index is 13.4. The van der Waals surface area contributed by atoms with E-state index in [4.69, 9.17) is 13.9 Å². The number of ketones is 1. The average Bonchev–Trinajstić information content (AvgIpc) is 3.57. The molecule has 3 aromatic rings. The Morgan fingerprint density at radius 1 is 1.25 bits per heavy atom. The zero-order valence-electron chi connectivity index (χ0n) is 20.3. The number of benzene rings is 1. The SMILES string of the molecule is COC(=O)c1sc(N2C(=O)C(O)=C(C(=O)c3ccco3)C2c2cccc(OCCC(C)C)c2)nc1C. The summed E-state index contributed by atoms with van der Waals surface area (Å²) in [6.45, 7) is 6.32. The van der Waals surface area contributed by atoms with Gasteiger partial charge in [-0.25, -0.2) is 9.78 Å². The lowest BCUT2D eigenvalue weighted by Crippen LogP contribution is -2.31. The number of amides is 1. The number of carbonyl (C=O) groups is 3. The molecular weight excluding hydrogens is 484 g/mol. The number of esters is 1. The lowest BCUT2D eigenvalue weighted by Gasteiger charge is -2.24. The van der Waals surface area contributed by atoms with Crippen LogP contribution in [0, 0.1) is 12.8 Å². The smallest absolute Gasteiger partial charge is 0.350 e. The Balaban J connectivity index is 1.80. The van der Waals surface area contributed by atoms with E-state index in [1.165, 1.54) is 24.3 Å². The third-order valence-corrected chi connectivity index (χ3v) is 6.83. The topological polar surface area (TPSA) is 119 Å². The fraction of sp³-hybridized carbons (Fsp3) is 0.308. The number of carbonyl (C=O) groups excluding carboxylic acids is 3. The largest absolute Gasteiger partial charge is 0.503 e. The third-order valence-electron chi connectivity index (χ3n) is 5.70. The van der Waals surface area contributed by atoms with E-state index in [1.54, 1.807) is 37.3 Å². The van der Waals surface area contributed by atoms with Crippen LogP contribution >= 0.6 is 11.3 Å². The molecule has 1 amide bonds. The molecule has 1 aliphatic rings. The molecule has 1 N–H and O–H groups in total. The highest BCUT2D eigenvalue weighted by Gasteiger charge is 2.47. The number of aliphatic hydroxyl groups excluding tert-OH is 1. The summed E-state index contributed by atoms with van der Waals surface area (Å²) in [5, 5.41) is 11.0. The van der Waals surface area contributed by atoms with Crippen molar-refractivity contribution in [2.45, 2.75) is 33.2 Å². The van der Waals surface area contributed by atoms with Gasteiger partial charge in [0.15, 0.2) is 16.7 Å². The van der Waals surface area contributed by atoms with E-state index in [2.05, 4.69) is 18.8 Å². The highest BCUT2D eigenvalue weighted by Crippen LogP contribution is 2.44. The minimum atomic E-state index is -1.03. The Kier molecular flexibility index (Phi) is 7.25. The van der Waals surface area contributed by atoms with Gasteiger partial charge in [0.25, 0.3) is 5.91 Å². The summed E-state index contributed by atoms with van der Waals surface area (Å²) in [6, 6.07) is 8.97. The van der Waals surface area contributed by atoms with Crippen molar-refractivity contribution in [1.82, 2.24) is 4.98 Å². The average molecular weight is 511 g/mol. The predicted octanol–water partition coefficient (Wildman–Crippen LogP) is 5.04. The van der Waals surface area contributed by atoms with E-state index in [9.17, 15) is 19.5 Å². The first-order valence-electron chi connectivity index (χ1n) is 11.4. The number of hydrogen-bond acceptors (Lipinski definition) is 9. The number of hydrogen-bond donors (Lipinski definition) is 1. The second-order valence-corrected chi connectivity index (χ2v) is 9.63. The van der Waals surface area contributed by atoms with Gasteiger partial charge in [-0.2, -0.15) is 0 Å². The molecule has 1 atom stereocenters. The van der Waals surface area contributed by atoms with Gasteiger partial charge in [0.2, 0.25) is 5.78 Å². The maximum Gasteiger partial charge on any atom is 0.350 e. The summed E-state index contributed by atoms with van der Waals surface area (Å²) in [5.41, 5.74) is 0.739. The fourth-order valence-electron chi connectivity index (χ4n) is 3.84. The lowest BCUT2D eigenvalue weighted by molar-refractivity contribution is -0.117. The molecule has 188 valence electrons. The Labute approximate surface area is 212 Å². The third kappa shape index (κ3) is 4.76. The van der Waals surface area contributed by atoms with Crippen molar-refractivity contribution >= 4 is 34.1 Å². The molecule has 1 aromatic carbocycles. The molecule has 36 heavy (non-hydrogen) atoms. The number of anilines is 1. The molecule has 0 radical (unpaired) electrons. The Morgan fingerprint density at radius 2 is 2.03 bits per heavy atom. The molecule has 9 nitrogen and oxygen atoms in total. The molecule has 0 aliphatic carbocycles. The first kappa shape index (κ1) is 25.2. The molecule has 0 fully saturated rings. The van der Waals surface area contributed by atoms with Crippen LogP contribution < -0.4 is 9.64 Å². The van der Waals surface area contributed by atoms with Gasteiger partial charge in [-0.05, 0) is 49.1 Å². The Morgan fingerprint density at radius 3 is 2.69 bits per heavy atom. The first-order valence-corrected chi connectivity index (χ1v) is 12.2. The molecule has 2 aromatic heterocycles. The van der Waals surface area contributed by atoms with Gasteiger partial charge >= 0.3 is 5.97 Å². The second-order valence-electron chi connectivity index (χ2n) is 8.65. The van der Waals surface area contributed by atoms with Gasteiger partial charge in [0.1, 0.15) is 10.6 Å². The van der Waals surface area contributed by atoms with Crippen molar-refractivity contribution in [3.05, 3.63) is 75.9 Å².